The van der Waals surface area contributed by atoms with Crippen LogP contribution in [0.3, 0.4) is 0 Å². The molecule has 1 aromatic rings. The summed E-state index contributed by atoms with van der Waals surface area (Å²) in [6.45, 7) is 3.91. The van der Waals surface area contributed by atoms with Gasteiger partial charge in [-0.05, 0) is 44.6 Å². The molecule has 0 aliphatic rings. The molecule has 0 fully saturated rings. The maximum Gasteiger partial charge on any atom is 0.119 e. The molecule has 0 unspecified atom stereocenters. The van der Waals surface area contributed by atoms with E-state index in [0.29, 0.717) is 0 Å². The van der Waals surface area contributed by atoms with Gasteiger partial charge in [-0.25, -0.2) is 0 Å². The molecule has 0 aliphatic carbocycles. The molecule has 1 atom stereocenters. The van der Waals surface area contributed by atoms with Crippen molar-refractivity contribution in [2.45, 2.75) is 25.8 Å². The van der Waals surface area contributed by atoms with Crippen LogP contribution in [0.4, 0.5) is 0 Å². The first-order valence-electron chi connectivity index (χ1n) is 6.26. The van der Waals surface area contributed by atoms with Crippen molar-refractivity contribution in [3.8, 4) is 5.75 Å². The highest BCUT2D eigenvalue weighted by molar-refractivity contribution is 5.28. The van der Waals surface area contributed by atoms with E-state index in [4.69, 9.17) is 10.5 Å². The summed E-state index contributed by atoms with van der Waals surface area (Å²) >= 11 is 0. The van der Waals surface area contributed by atoms with E-state index in [0.717, 1.165) is 31.7 Å². The van der Waals surface area contributed by atoms with Crippen LogP contribution in [-0.4, -0.2) is 32.1 Å². The molecule has 0 saturated carbocycles. The Balaban J connectivity index is 2.35. The van der Waals surface area contributed by atoms with Crippen LogP contribution in [0.15, 0.2) is 24.3 Å². The van der Waals surface area contributed by atoms with Crippen LogP contribution in [0.1, 0.15) is 31.4 Å². The molecule has 3 nitrogen and oxygen atoms in total. The third-order valence-corrected chi connectivity index (χ3v) is 2.77. The Bertz CT molecular complexity index is 309. The molecule has 0 aliphatic heterocycles. The second kappa shape index (κ2) is 7.30. The quantitative estimate of drug-likeness (QED) is 0.739. The van der Waals surface area contributed by atoms with Gasteiger partial charge in [0, 0.05) is 12.6 Å². The zero-order valence-corrected chi connectivity index (χ0v) is 11.1. The van der Waals surface area contributed by atoms with Crippen molar-refractivity contribution < 1.29 is 4.74 Å². The van der Waals surface area contributed by atoms with Gasteiger partial charge in [-0.15, -0.1) is 0 Å². The lowest BCUT2D eigenvalue weighted by molar-refractivity contribution is 0.281. The van der Waals surface area contributed by atoms with Crippen molar-refractivity contribution in [3.63, 3.8) is 0 Å². The van der Waals surface area contributed by atoms with Crippen molar-refractivity contribution in [1.82, 2.24) is 4.90 Å². The lowest BCUT2D eigenvalue weighted by Crippen LogP contribution is -2.15. The highest BCUT2D eigenvalue weighted by Gasteiger charge is 2.02. The first-order valence-corrected chi connectivity index (χ1v) is 6.26. The summed E-state index contributed by atoms with van der Waals surface area (Å²) in [5.74, 6) is 0.927. The summed E-state index contributed by atoms with van der Waals surface area (Å²) in [4.78, 5) is 2.16. The number of rotatable bonds is 7. The van der Waals surface area contributed by atoms with E-state index in [9.17, 15) is 0 Å². The van der Waals surface area contributed by atoms with Crippen molar-refractivity contribution in [1.29, 1.82) is 0 Å². The van der Waals surface area contributed by atoms with Gasteiger partial charge in [0.15, 0.2) is 0 Å². The molecule has 0 heterocycles. The van der Waals surface area contributed by atoms with Gasteiger partial charge in [0.2, 0.25) is 0 Å². The fourth-order valence-electron chi connectivity index (χ4n) is 1.62. The molecule has 0 saturated heterocycles. The molecule has 2 N–H and O–H groups in total. The molecule has 0 bridgehead atoms. The van der Waals surface area contributed by atoms with Gasteiger partial charge in [-0.2, -0.15) is 0 Å². The second-order valence-electron chi connectivity index (χ2n) is 4.59. The average Bonchev–Trinajstić information content (AvgIpc) is 2.34. The van der Waals surface area contributed by atoms with E-state index in [1.807, 2.05) is 12.1 Å². The molecule has 0 spiro atoms. The molecule has 0 amide bonds. The highest BCUT2D eigenvalue weighted by atomic mass is 16.5. The van der Waals surface area contributed by atoms with E-state index in [2.05, 4.69) is 38.1 Å². The van der Waals surface area contributed by atoms with Gasteiger partial charge >= 0.3 is 0 Å². The first-order chi connectivity index (χ1) is 8.13. The largest absolute Gasteiger partial charge is 0.494 e. The van der Waals surface area contributed by atoms with Crippen LogP contribution in [0.2, 0.25) is 0 Å². The summed E-state index contributed by atoms with van der Waals surface area (Å²) in [7, 11) is 4.14. The smallest absolute Gasteiger partial charge is 0.119 e. The number of hydrogen-bond donors (Lipinski definition) is 1. The summed E-state index contributed by atoms with van der Waals surface area (Å²) in [5.41, 5.74) is 7.13. The van der Waals surface area contributed by atoms with Crippen LogP contribution in [0.25, 0.3) is 0 Å². The Labute approximate surface area is 105 Å². The van der Waals surface area contributed by atoms with Crippen LogP contribution >= 0.6 is 0 Å². The number of nitrogens with two attached hydrogens (primary N) is 1. The maximum absolute atomic E-state index is 5.95. The standard InChI is InChI=1S/C14H24N2O/c1-4-14(15)12-6-8-13(9-7-12)17-11-5-10-16(2)3/h6-9,14H,4-5,10-11,15H2,1-3H3/t14-/m0/s1. The molecule has 0 aromatic heterocycles. The Morgan fingerprint density at radius 3 is 2.41 bits per heavy atom. The Morgan fingerprint density at radius 1 is 1.24 bits per heavy atom. The lowest BCUT2D eigenvalue weighted by atomic mass is 10.1. The normalized spacial score (nSPS) is 12.8. The van der Waals surface area contributed by atoms with E-state index < -0.39 is 0 Å². The van der Waals surface area contributed by atoms with E-state index in [1.54, 1.807) is 0 Å². The summed E-state index contributed by atoms with van der Waals surface area (Å²) in [6, 6.07) is 8.24. The second-order valence-corrected chi connectivity index (χ2v) is 4.59. The Kier molecular flexibility index (Phi) is 6.01. The maximum atomic E-state index is 5.95. The Morgan fingerprint density at radius 2 is 1.88 bits per heavy atom. The molecular formula is C14H24N2O. The zero-order valence-electron chi connectivity index (χ0n) is 11.1. The van der Waals surface area contributed by atoms with Crippen LogP contribution in [0, 0.1) is 0 Å². The minimum atomic E-state index is 0.137. The zero-order chi connectivity index (χ0) is 12.7. The molecule has 0 radical (unpaired) electrons. The Hall–Kier alpha value is -1.06. The topological polar surface area (TPSA) is 38.5 Å². The fraction of sp³-hybridized carbons (Fsp3) is 0.571. The minimum absolute atomic E-state index is 0.137. The third-order valence-electron chi connectivity index (χ3n) is 2.77. The van der Waals surface area contributed by atoms with E-state index >= 15 is 0 Å². The van der Waals surface area contributed by atoms with Gasteiger partial charge < -0.3 is 15.4 Å². The van der Waals surface area contributed by atoms with Gasteiger partial charge in [0.1, 0.15) is 5.75 Å². The highest BCUT2D eigenvalue weighted by Crippen LogP contribution is 2.18. The van der Waals surface area contributed by atoms with Gasteiger partial charge in [-0.1, -0.05) is 19.1 Å². The molecule has 1 rings (SSSR count). The molecule has 1 aromatic carbocycles. The molecule has 96 valence electrons. The number of benzene rings is 1. The van der Waals surface area contributed by atoms with Crippen molar-refractivity contribution in [2.24, 2.45) is 5.73 Å². The fourth-order valence-corrected chi connectivity index (χ4v) is 1.62. The predicted molar refractivity (Wildman–Crippen MR) is 72.3 cm³/mol. The molecule has 17 heavy (non-hydrogen) atoms. The SMILES string of the molecule is CC[C@H](N)c1ccc(OCCCN(C)C)cc1. The third kappa shape index (κ3) is 5.20. The van der Waals surface area contributed by atoms with Crippen LogP contribution < -0.4 is 10.5 Å². The molecule has 3 heteroatoms. The first kappa shape index (κ1) is 14.0. The number of nitrogens with zero attached hydrogens (tertiary/aromatic N) is 1. The van der Waals surface area contributed by atoms with Gasteiger partial charge in [-0.3, -0.25) is 0 Å². The number of hydrogen-bond acceptors (Lipinski definition) is 3. The summed E-state index contributed by atoms with van der Waals surface area (Å²) in [6.07, 6.45) is 2.01. The predicted octanol–water partition coefficient (Wildman–Crippen LogP) is 2.43. The van der Waals surface area contributed by atoms with Gasteiger partial charge in [0.25, 0.3) is 0 Å². The monoisotopic (exact) mass is 236 g/mol. The van der Waals surface area contributed by atoms with Crippen LogP contribution in [-0.2, 0) is 0 Å². The molecular weight excluding hydrogens is 212 g/mol. The lowest BCUT2D eigenvalue weighted by Gasteiger charge is -2.12. The minimum Gasteiger partial charge on any atom is -0.494 e. The summed E-state index contributed by atoms with van der Waals surface area (Å²) < 4.78 is 5.66. The number of ether oxygens (including phenoxy) is 1. The average molecular weight is 236 g/mol. The van der Waals surface area contributed by atoms with E-state index in [-0.39, 0.29) is 6.04 Å². The van der Waals surface area contributed by atoms with Crippen molar-refractivity contribution >= 4 is 0 Å². The summed E-state index contributed by atoms with van der Waals surface area (Å²) in [5, 5.41) is 0. The van der Waals surface area contributed by atoms with Crippen molar-refractivity contribution in [3.05, 3.63) is 29.8 Å². The van der Waals surface area contributed by atoms with Crippen LogP contribution in [0.5, 0.6) is 5.75 Å². The van der Waals surface area contributed by atoms with Gasteiger partial charge in [0.05, 0.1) is 6.61 Å². The van der Waals surface area contributed by atoms with Crippen molar-refractivity contribution in [2.75, 3.05) is 27.2 Å². The van der Waals surface area contributed by atoms with E-state index in [1.165, 1.54) is 5.56 Å².